The van der Waals surface area contributed by atoms with E-state index in [4.69, 9.17) is 10.5 Å². The second-order valence-electron chi connectivity index (χ2n) is 4.16. The molecule has 0 aliphatic heterocycles. The van der Waals surface area contributed by atoms with Gasteiger partial charge in [0.15, 0.2) is 0 Å². The molecule has 0 spiro atoms. The molecule has 0 unspecified atom stereocenters. The van der Waals surface area contributed by atoms with Crippen LogP contribution in [0.4, 0.5) is 0 Å². The van der Waals surface area contributed by atoms with Crippen LogP contribution < -0.4 is 15.8 Å². The van der Waals surface area contributed by atoms with E-state index in [2.05, 4.69) is 12.2 Å². The highest BCUT2D eigenvalue weighted by Gasteiger charge is 2.00. The molecule has 0 fully saturated rings. The van der Waals surface area contributed by atoms with Gasteiger partial charge < -0.3 is 15.8 Å². The third kappa shape index (κ3) is 7.70. The molecule has 1 rings (SSSR count). The maximum Gasteiger partial charge on any atom is 0.220 e. The first-order chi connectivity index (χ1) is 8.76. The van der Waals surface area contributed by atoms with Gasteiger partial charge in [0, 0.05) is 13.0 Å². The smallest absolute Gasteiger partial charge is 0.220 e. The molecular formula is C14H23ClN2O2. The minimum Gasteiger partial charge on any atom is -0.494 e. The largest absolute Gasteiger partial charge is 0.494 e. The molecule has 5 heteroatoms. The van der Waals surface area contributed by atoms with E-state index in [1.807, 2.05) is 24.3 Å². The van der Waals surface area contributed by atoms with Crippen molar-refractivity contribution >= 4 is 18.3 Å². The first-order valence-electron chi connectivity index (χ1n) is 6.44. The van der Waals surface area contributed by atoms with Gasteiger partial charge in [-0.15, -0.1) is 12.4 Å². The van der Waals surface area contributed by atoms with Gasteiger partial charge in [-0.05, 0) is 37.1 Å². The number of ether oxygens (including phenoxy) is 1. The van der Waals surface area contributed by atoms with Gasteiger partial charge in [-0.3, -0.25) is 4.79 Å². The lowest BCUT2D eigenvalue weighted by Gasteiger charge is -2.07. The zero-order valence-electron chi connectivity index (χ0n) is 11.4. The monoisotopic (exact) mass is 286 g/mol. The highest BCUT2D eigenvalue weighted by molar-refractivity contribution is 5.85. The second-order valence-corrected chi connectivity index (χ2v) is 4.16. The molecule has 108 valence electrons. The number of benzene rings is 1. The van der Waals surface area contributed by atoms with Crippen LogP contribution in [0, 0.1) is 0 Å². The zero-order valence-corrected chi connectivity index (χ0v) is 12.2. The van der Waals surface area contributed by atoms with Crippen LogP contribution in [0.2, 0.25) is 0 Å². The summed E-state index contributed by atoms with van der Waals surface area (Å²) in [5.41, 5.74) is 6.42. The van der Waals surface area contributed by atoms with E-state index in [0.29, 0.717) is 19.5 Å². The van der Waals surface area contributed by atoms with Gasteiger partial charge in [0.1, 0.15) is 5.75 Å². The fourth-order valence-corrected chi connectivity index (χ4v) is 1.48. The number of rotatable bonds is 8. The van der Waals surface area contributed by atoms with E-state index in [9.17, 15) is 4.79 Å². The lowest BCUT2D eigenvalue weighted by molar-refractivity contribution is -0.121. The van der Waals surface area contributed by atoms with Crippen molar-refractivity contribution in [3.63, 3.8) is 0 Å². The molecule has 3 N–H and O–H groups in total. The Kier molecular flexibility index (Phi) is 9.94. The van der Waals surface area contributed by atoms with Crippen LogP contribution in [0.1, 0.15) is 31.7 Å². The van der Waals surface area contributed by atoms with Crippen LogP contribution in [0.15, 0.2) is 24.3 Å². The maximum atomic E-state index is 11.4. The Bertz CT molecular complexity index is 355. The summed E-state index contributed by atoms with van der Waals surface area (Å²) in [6.07, 6.45) is 2.22. The standard InChI is InChI=1S/C14H22N2O2.ClH/c1-2-10-18-13-7-5-12(6-8-13)11-16-14(17)4-3-9-15;/h5-8H,2-4,9-11,15H2,1H3,(H,16,17);1H. The summed E-state index contributed by atoms with van der Waals surface area (Å²) in [4.78, 5) is 11.4. The number of carbonyl (C=O) groups is 1. The molecule has 0 heterocycles. The Labute approximate surface area is 121 Å². The van der Waals surface area contributed by atoms with Crippen LogP contribution in [0.25, 0.3) is 0 Å². The molecule has 0 aliphatic rings. The Morgan fingerprint density at radius 1 is 1.32 bits per heavy atom. The van der Waals surface area contributed by atoms with Crippen molar-refractivity contribution in [3.8, 4) is 5.75 Å². The molecule has 0 aliphatic carbocycles. The minimum absolute atomic E-state index is 0. The molecule has 0 saturated heterocycles. The topological polar surface area (TPSA) is 64.3 Å². The van der Waals surface area contributed by atoms with Gasteiger partial charge in [0.2, 0.25) is 5.91 Å². The summed E-state index contributed by atoms with van der Waals surface area (Å²) in [6, 6.07) is 7.79. The van der Waals surface area contributed by atoms with E-state index in [1.165, 1.54) is 0 Å². The van der Waals surface area contributed by atoms with Crippen LogP contribution in [-0.2, 0) is 11.3 Å². The number of hydrogen-bond donors (Lipinski definition) is 2. The van der Waals surface area contributed by atoms with Crippen molar-refractivity contribution in [1.29, 1.82) is 0 Å². The molecule has 19 heavy (non-hydrogen) atoms. The van der Waals surface area contributed by atoms with Crippen molar-refractivity contribution in [2.45, 2.75) is 32.7 Å². The molecule has 1 aromatic rings. The lowest BCUT2D eigenvalue weighted by Crippen LogP contribution is -2.23. The summed E-state index contributed by atoms with van der Waals surface area (Å²) in [5, 5.41) is 2.86. The molecule has 0 radical (unpaired) electrons. The minimum atomic E-state index is 0. The Morgan fingerprint density at radius 3 is 2.58 bits per heavy atom. The summed E-state index contributed by atoms with van der Waals surface area (Å²) < 4.78 is 5.49. The summed E-state index contributed by atoms with van der Waals surface area (Å²) in [5.74, 6) is 0.918. The number of carbonyl (C=O) groups excluding carboxylic acids is 1. The number of hydrogen-bond acceptors (Lipinski definition) is 3. The first kappa shape index (κ1) is 17.7. The average Bonchev–Trinajstić information content (AvgIpc) is 2.41. The third-order valence-electron chi connectivity index (χ3n) is 2.49. The van der Waals surface area contributed by atoms with Crippen LogP contribution >= 0.6 is 12.4 Å². The van der Waals surface area contributed by atoms with E-state index >= 15 is 0 Å². The lowest BCUT2D eigenvalue weighted by atomic mass is 10.2. The van der Waals surface area contributed by atoms with Crippen molar-refractivity contribution in [2.75, 3.05) is 13.2 Å². The van der Waals surface area contributed by atoms with Gasteiger partial charge in [0.05, 0.1) is 6.61 Å². The fraction of sp³-hybridized carbons (Fsp3) is 0.500. The van der Waals surface area contributed by atoms with E-state index < -0.39 is 0 Å². The predicted octanol–water partition coefficient (Wildman–Crippen LogP) is 2.25. The van der Waals surface area contributed by atoms with Crippen molar-refractivity contribution in [3.05, 3.63) is 29.8 Å². The normalized spacial score (nSPS) is 9.58. The Hall–Kier alpha value is -1.26. The molecular weight excluding hydrogens is 264 g/mol. The molecule has 1 aromatic carbocycles. The fourth-order valence-electron chi connectivity index (χ4n) is 1.48. The van der Waals surface area contributed by atoms with E-state index in [1.54, 1.807) is 0 Å². The molecule has 1 amide bonds. The quantitative estimate of drug-likeness (QED) is 0.770. The molecule has 0 saturated carbocycles. The van der Waals surface area contributed by atoms with Crippen LogP contribution in [0.5, 0.6) is 5.75 Å². The van der Waals surface area contributed by atoms with Gasteiger partial charge in [-0.2, -0.15) is 0 Å². The van der Waals surface area contributed by atoms with Crippen LogP contribution in [-0.4, -0.2) is 19.1 Å². The summed E-state index contributed by atoms with van der Waals surface area (Å²) in [6.45, 7) is 3.91. The highest BCUT2D eigenvalue weighted by atomic mass is 35.5. The summed E-state index contributed by atoms with van der Waals surface area (Å²) in [7, 11) is 0. The van der Waals surface area contributed by atoms with E-state index in [0.717, 1.165) is 30.8 Å². The van der Waals surface area contributed by atoms with Gasteiger partial charge >= 0.3 is 0 Å². The van der Waals surface area contributed by atoms with Crippen LogP contribution in [0.3, 0.4) is 0 Å². The molecule has 0 bridgehead atoms. The first-order valence-corrected chi connectivity index (χ1v) is 6.44. The third-order valence-corrected chi connectivity index (χ3v) is 2.49. The Balaban J connectivity index is 0.00000324. The zero-order chi connectivity index (χ0) is 13.2. The SMILES string of the molecule is CCCOc1ccc(CNC(=O)CCCN)cc1.Cl. The average molecular weight is 287 g/mol. The maximum absolute atomic E-state index is 11.4. The molecule has 4 nitrogen and oxygen atoms in total. The van der Waals surface area contributed by atoms with Crippen molar-refractivity contribution in [2.24, 2.45) is 5.73 Å². The molecule has 0 atom stereocenters. The van der Waals surface area contributed by atoms with Crippen molar-refractivity contribution < 1.29 is 9.53 Å². The van der Waals surface area contributed by atoms with Crippen molar-refractivity contribution in [1.82, 2.24) is 5.32 Å². The highest BCUT2D eigenvalue weighted by Crippen LogP contribution is 2.12. The summed E-state index contributed by atoms with van der Waals surface area (Å²) >= 11 is 0. The molecule has 0 aromatic heterocycles. The second kappa shape index (κ2) is 10.6. The van der Waals surface area contributed by atoms with Gasteiger partial charge in [0.25, 0.3) is 0 Å². The van der Waals surface area contributed by atoms with Gasteiger partial charge in [-0.25, -0.2) is 0 Å². The number of nitrogens with one attached hydrogen (secondary N) is 1. The number of amides is 1. The number of halogens is 1. The van der Waals surface area contributed by atoms with Gasteiger partial charge in [-0.1, -0.05) is 19.1 Å². The van der Waals surface area contributed by atoms with E-state index in [-0.39, 0.29) is 18.3 Å². The Morgan fingerprint density at radius 2 is 2.00 bits per heavy atom. The predicted molar refractivity (Wildman–Crippen MR) is 79.6 cm³/mol. The number of nitrogens with two attached hydrogens (primary N) is 1.